The number of ether oxygens (including phenoxy) is 2. The van der Waals surface area contributed by atoms with E-state index in [1.807, 2.05) is 12.1 Å². The quantitative estimate of drug-likeness (QED) is 0.828. The van der Waals surface area contributed by atoms with Crippen molar-refractivity contribution in [2.45, 2.75) is 13.3 Å². The highest BCUT2D eigenvalue weighted by Crippen LogP contribution is 2.39. The van der Waals surface area contributed by atoms with Gasteiger partial charge in [0.1, 0.15) is 19.0 Å². The van der Waals surface area contributed by atoms with Gasteiger partial charge in [0.15, 0.2) is 11.5 Å². The molecule has 2 rings (SSSR count). The third kappa shape index (κ3) is 2.15. The number of carbonyl (C=O) groups is 1. The van der Waals surface area contributed by atoms with Gasteiger partial charge in [-0.1, -0.05) is 6.07 Å². The second-order valence-electron chi connectivity index (χ2n) is 3.44. The van der Waals surface area contributed by atoms with Gasteiger partial charge in [-0.2, -0.15) is 0 Å². The van der Waals surface area contributed by atoms with Crippen LogP contribution < -0.4 is 9.47 Å². The Kier molecular flexibility index (Phi) is 2.95. The van der Waals surface area contributed by atoms with Crippen LogP contribution in [0.15, 0.2) is 16.6 Å². The number of Topliss-reactive ketones (excluding diaryl/α,β-unsaturated/α-hetero) is 1. The molecule has 1 aliphatic rings. The van der Waals surface area contributed by atoms with E-state index in [0.29, 0.717) is 25.4 Å². The zero-order valence-electron chi connectivity index (χ0n) is 8.38. The minimum Gasteiger partial charge on any atom is -0.486 e. The van der Waals surface area contributed by atoms with E-state index in [1.165, 1.54) is 0 Å². The van der Waals surface area contributed by atoms with Crippen molar-refractivity contribution in [3.8, 4) is 11.5 Å². The molecule has 0 unspecified atom stereocenters. The maximum absolute atomic E-state index is 11.0. The van der Waals surface area contributed by atoms with Gasteiger partial charge in [0, 0.05) is 6.42 Å². The molecule has 0 atom stereocenters. The summed E-state index contributed by atoms with van der Waals surface area (Å²) in [6, 6.07) is 3.73. The van der Waals surface area contributed by atoms with E-state index in [-0.39, 0.29) is 5.78 Å². The molecule has 0 aliphatic carbocycles. The molecule has 1 heterocycles. The number of benzene rings is 1. The van der Waals surface area contributed by atoms with Crippen LogP contribution in [0.2, 0.25) is 0 Å². The molecule has 0 aromatic heterocycles. The maximum atomic E-state index is 11.0. The Morgan fingerprint density at radius 1 is 1.40 bits per heavy atom. The fourth-order valence-corrected chi connectivity index (χ4v) is 2.11. The van der Waals surface area contributed by atoms with E-state index < -0.39 is 0 Å². The third-order valence-electron chi connectivity index (χ3n) is 2.17. The van der Waals surface area contributed by atoms with Gasteiger partial charge in [-0.3, -0.25) is 4.79 Å². The van der Waals surface area contributed by atoms with Crippen molar-refractivity contribution in [2.24, 2.45) is 0 Å². The molecule has 0 saturated carbocycles. The van der Waals surface area contributed by atoms with Crippen molar-refractivity contribution < 1.29 is 14.3 Å². The molecule has 0 bridgehead atoms. The van der Waals surface area contributed by atoms with Gasteiger partial charge in [0.25, 0.3) is 0 Å². The average Bonchev–Trinajstić information content (AvgIpc) is 2.22. The fraction of sp³-hybridized carbons (Fsp3) is 0.364. The van der Waals surface area contributed by atoms with Crippen LogP contribution in [0.3, 0.4) is 0 Å². The Bertz CT molecular complexity index is 401. The summed E-state index contributed by atoms with van der Waals surface area (Å²) in [6.07, 6.45) is 0.414. The Labute approximate surface area is 96.5 Å². The van der Waals surface area contributed by atoms with Crippen LogP contribution in [0.5, 0.6) is 11.5 Å². The molecular formula is C11H11BrO3. The van der Waals surface area contributed by atoms with E-state index in [4.69, 9.17) is 9.47 Å². The molecule has 0 fully saturated rings. The van der Waals surface area contributed by atoms with Gasteiger partial charge in [-0.25, -0.2) is 0 Å². The summed E-state index contributed by atoms with van der Waals surface area (Å²) in [7, 11) is 0. The number of carbonyl (C=O) groups excluding carboxylic acids is 1. The molecule has 0 radical (unpaired) electrons. The molecule has 0 saturated heterocycles. The van der Waals surface area contributed by atoms with Gasteiger partial charge in [0.05, 0.1) is 4.47 Å². The van der Waals surface area contributed by atoms with Gasteiger partial charge in [-0.05, 0) is 34.5 Å². The number of ketones is 1. The summed E-state index contributed by atoms with van der Waals surface area (Å²) in [5.41, 5.74) is 0.937. The van der Waals surface area contributed by atoms with E-state index in [2.05, 4.69) is 15.9 Å². The smallest absolute Gasteiger partial charge is 0.175 e. The number of fused-ring (bicyclic) bond motifs is 1. The maximum Gasteiger partial charge on any atom is 0.175 e. The second kappa shape index (κ2) is 4.23. The van der Waals surface area contributed by atoms with Crippen molar-refractivity contribution >= 4 is 21.7 Å². The Morgan fingerprint density at radius 3 is 2.87 bits per heavy atom. The lowest BCUT2D eigenvalue weighted by Crippen LogP contribution is -2.16. The molecular weight excluding hydrogens is 260 g/mol. The molecule has 1 aromatic carbocycles. The number of hydrogen-bond donors (Lipinski definition) is 0. The molecule has 0 spiro atoms. The zero-order chi connectivity index (χ0) is 10.8. The molecule has 80 valence electrons. The van der Waals surface area contributed by atoms with Crippen molar-refractivity contribution in [1.29, 1.82) is 0 Å². The van der Waals surface area contributed by atoms with Crippen LogP contribution >= 0.6 is 15.9 Å². The highest BCUT2D eigenvalue weighted by Gasteiger charge is 2.17. The second-order valence-corrected chi connectivity index (χ2v) is 4.23. The van der Waals surface area contributed by atoms with Crippen LogP contribution in [-0.2, 0) is 11.2 Å². The summed E-state index contributed by atoms with van der Waals surface area (Å²) in [4.78, 5) is 11.0. The van der Waals surface area contributed by atoms with Crippen LogP contribution in [0.1, 0.15) is 12.5 Å². The number of hydrogen-bond acceptors (Lipinski definition) is 3. The van der Waals surface area contributed by atoms with Crippen LogP contribution in [0.4, 0.5) is 0 Å². The summed E-state index contributed by atoms with van der Waals surface area (Å²) >= 11 is 3.44. The zero-order valence-corrected chi connectivity index (χ0v) is 9.96. The first-order valence-electron chi connectivity index (χ1n) is 4.75. The minimum atomic E-state index is 0.132. The molecule has 0 N–H and O–H groups in total. The highest BCUT2D eigenvalue weighted by molar-refractivity contribution is 9.10. The normalized spacial score (nSPS) is 13.7. The topological polar surface area (TPSA) is 35.5 Å². The third-order valence-corrected chi connectivity index (χ3v) is 3.04. The lowest BCUT2D eigenvalue weighted by molar-refractivity contribution is -0.116. The standard InChI is InChI=1S/C11H11BrO3/c1-7(13)6-8-2-3-9-11(10(8)12)15-5-4-14-9/h2-3H,4-6H2,1H3. The largest absolute Gasteiger partial charge is 0.486 e. The predicted octanol–water partition coefficient (Wildman–Crippen LogP) is 2.35. The first kappa shape index (κ1) is 10.5. The van der Waals surface area contributed by atoms with Crippen LogP contribution in [0, 0.1) is 0 Å². The summed E-state index contributed by atoms with van der Waals surface area (Å²) in [6.45, 7) is 2.70. The minimum absolute atomic E-state index is 0.132. The number of halogens is 1. The van der Waals surface area contributed by atoms with E-state index >= 15 is 0 Å². The summed E-state index contributed by atoms with van der Waals surface area (Å²) < 4.78 is 11.7. The molecule has 0 amide bonds. The van der Waals surface area contributed by atoms with Crippen LogP contribution in [-0.4, -0.2) is 19.0 Å². The van der Waals surface area contributed by atoms with E-state index in [0.717, 1.165) is 15.8 Å². The first-order valence-corrected chi connectivity index (χ1v) is 5.54. The van der Waals surface area contributed by atoms with Gasteiger partial charge in [0.2, 0.25) is 0 Å². The van der Waals surface area contributed by atoms with Crippen LogP contribution in [0.25, 0.3) is 0 Å². The predicted molar refractivity (Wildman–Crippen MR) is 59.5 cm³/mol. The Hall–Kier alpha value is -1.03. The molecule has 1 aliphatic heterocycles. The molecule has 15 heavy (non-hydrogen) atoms. The van der Waals surface area contributed by atoms with Crippen molar-refractivity contribution in [3.05, 3.63) is 22.2 Å². The monoisotopic (exact) mass is 270 g/mol. The van der Waals surface area contributed by atoms with Crippen molar-refractivity contribution in [1.82, 2.24) is 0 Å². The van der Waals surface area contributed by atoms with Gasteiger partial charge in [-0.15, -0.1) is 0 Å². The Balaban J connectivity index is 2.38. The average molecular weight is 271 g/mol. The number of rotatable bonds is 2. The Morgan fingerprint density at radius 2 is 2.13 bits per heavy atom. The van der Waals surface area contributed by atoms with Crippen molar-refractivity contribution in [2.75, 3.05) is 13.2 Å². The molecule has 3 nitrogen and oxygen atoms in total. The van der Waals surface area contributed by atoms with E-state index in [1.54, 1.807) is 6.92 Å². The van der Waals surface area contributed by atoms with Gasteiger partial charge >= 0.3 is 0 Å². The van der Waals surface area contributed by atoms with E-state index in [9.17, 15) is 4.79 Å². The highest BCUT2D eigenvalue weighted by atomic mass is 79.9. The SMILES string of the molecule is CC(=O)Cc1ccc2c(c1Br)OCCO2. The molecule has 1 aromatic rings. The lowest BCUT2D eigenvalue weighted by Gasteiger charge is -2.20. The molecule has 4 heteroatoms. The van der Waals surface area contributed by atoms with Crippen molar-refractivity contribution in [3.63, 3.8) is 0 Å². The van der Waals surface area contributed by atoms with Gasteiger partial charge < -0.3 is 9.47 Å². The first-order chi connectivity index (χ1) is 7.18. The summed E-state index contributed by atoms with van der Waals surface area (Å²) in [5, 5.41) is 0. The summed E-state index contributed by atoms with van der Waals surface area (Å²) in [5.74, 6) is 1.58. The fourth-order valence-electron chi connectivity index (χ4n) is 1.53. The lowest BCUT2D eigenvalue weighted by atomic mass is 10.1.